The van der Waals surface area contributed by atoms with Crippen LogP contribution >= 0.6 is 0 Å². The number of nitrogens with one attached hydrogen (secondary N) is 1. The summed E-state index contributed by atoms with van der Waals surface area (Å²) in [7, 11) is 0. The van der Waals surface area contributed by atoms with Crippen LogP contribution in [0, 0.1) is 17.2 Å². The van der Waals surface area contributed by atoms with Crippen LogP contribution in [0.2, 0.25) is 0 Å². The molecule has 1 saturated carbocycles. The Balaban J connectivity index is 1.70. The van der Waals surface area contributed by atoms with Gasteiger partial charge in [-0.3, -0.25) is 24.0 Å². The van der Waals surface area contributed by atoms with Gasteiger partial charge >= 0.3 is 0 Å². The maximum atomic E-state index is 14.3. The van der Waals surface area contributed by atoms with Crippen LogP contribution in [0.3, 0.4) is 0 Å². The molecule has 1 aromatic carbocycles. The Kier molecular flexibility index (Phi) is 10.2. The van der Waals surface area contributed by atoms with Gasteiger partial charge in [0.2, 0.25) is 11.7 Å². The van der Waals surface area contributed by atoms with Gasteiger partial charge in [0.05, 0.1) is 35.6 Å². The summed E-state index contributed by atoms with van der Waals surface area (Å²) in [6.07, 6.45) is 6.47. The Morgan fingerprint density at radius 1 is 1.16 bits per heavy atom. The van der Waals surface area contributed by atoms with Crippen molar-refractivity contribution in [3.8, 4) is 6.07 Å². The number of ketones is 1. The van der Waals surface area contributed by atoms with Crippen LogP contribution in [0.1, 0.15) is 93.4 Å². The first kappa shape index (κ1) is 33.1. The van der Waals surface area contributed by atoms with Gasteiger partial charge in [-0.25, -0.2) is 9.67 Å². The molecule has 4 amide bonds. The van der Waals surface area contributed by atoms with E-state index in [-0.39, 0.29) is 36.6 Å². The van der Waals surface area contributed by atoms with Gasteiger partial charge in [-0.1, -0.05) is 37.3 Å². The van der Waals surface area contributed by atoms with Gasteiger partial charge in [0, 0.05) is 18.5 Å². The van der Waals surface area contributed by atoms with Gasteiger partial charge in [-0.2, -0.15) is 5.26 Å². The maximum Gasteiger partial charge on any atom is 0.287 e. The second kappa shape index (κ2) is 13.9. The minimum absolute atomic E-state index is 0.00253. The summed E-state index contributed by atoms with van der Waals surface area (Å²) in [5, 5.41) is 30.3. The van der Waals surface area contributed by atoms with Crippen molar-refractivity contribution in [3.05, 3.63) is 47.3 Å². The van der Waals surface area contributed by atoms with E-state index in [4.69, 9.17) is 11.0 Å². The fourth-order valence-corrected chi connectivity index (χ4v) is 5.89. The largest absolute Gasteiger partial charge is 0.384 e. The number of carbonyl (C=O) groups excluding carboxylic acids is 5. The molecule has 3 atom stereocenters. The molecule has 4 N–H and O–H groups in total. The lowest BCUT2D eigenvalue weighted by Crippen LogP contribution is -2.52. The number of rotatable bonds is 10. The highest BCUT2D eigenvalue weighted by molar-refractivity contribution is 6.41. The van der Waals surface area contributed by atoms with E-state index in [0.717, 1.165) is 32.1 Å². The first-order valence-corrected chi connectivity index (χ1v) is 15.0. The first-order chi connectivity index (χ1) is 21.3. The van der Waals surface area contributed by atoms with E-state index < -0.39 is 53.1 Å². The molecule has 1 unspecified atom stereocenters. The van der Waals surface area contributed by atoms with Crippen molar-refractivity contribution < 1.29 is 29.1 Å². The average molecular weight is 619 g/mol. The molecule has 4 rings (SSSR count). The fourth-order valence-electron chi connectivity index (χ4n) is 5.89. The van der Waals surface area contributed by atoms with Gasteiger partial charge in [0.1, 0.15) is 17.4 Å². The number of hydrogen-bond acceptors (Lipinski definition) is 9. The van der Waals surface area contributed by atoms with E-state index >= 15 is 0 Å². The van der Waals surface area contributed by atoms with Crippen LogP contribution in [0.5, 0.6) is 0 Å². The number of aliphatic imine (C=N–C) groups is 1. The van der Waals surface area contributed by atoms with E-state index in [1.807, 2.05) is 6.07 Å². The maximum absolute atomic E-state index is 14.3. The predicted octanol–water partition coefficient (Wildman–Crippen LogP) is 1.33. The molecule has 14 nitrogen and oxygen atoms in total. The minimum atomic E-state index is -1.33. The minimum Gasteiger partial charge on any atom is -0.384 e. The molecule has 0 radical (unpaired) electrons. The van der Waals surface area contributed by atoms with Crippen LogP contribution in [0.25, 0.3) is 0 Å². The summed E-state index contributed by atoms with van der Waals surface area (Å²) in [6, 6.07) is 4.94. The number of likely N-dealkylation sites (tertiary alicyclic amines) is 1. The Morgan fingerprint density at radius 3 is 2.42 bits per heavy atom. The zero-order valence-electron chi connectivity index (χ0n) is 25.6. The molecule has 2 fully saturated rings. The highest BCUT2D eigenvalue weighted by Crippen LogP contribution is 2.33. The quantitative estimate of drug-likeness (QED) is 0.258. The van der Waals surface area contributed by atoms with E-state index in [1.165, 1.54) is 47.0 Å². The van der Waals surface area contributed by atoms with Crippen molar-refractivity contribution in [1.82, 2.24) is 25.2 Å². The standard InChI is InChI=1S/C31H38N8O6/c1-18(26(40)27(33)41)35-29(43)24-14-22(39-25(16-34-37-39)31(2,3)45)17-38(24)30(44)23(13-19-7-5-4-6-8-19)36-28(42)21-11-9-20(15-32)10-12-21/h9-12,16,18-19,22,24,45H,4-8,13-14,17H2,1-3H3,(H2,33,41)(H,35,43)/b36-23+/t18?,22-,24-/m0/s1. The third-order valence-corrected chi connectivity index (χ3v) is 8.34. The van der Waals surface area contributed by atoms with Crippen molar-refractivity contribution in [2.45, 2.75) is 89.4 Å². The molecule has 2 aromatic rings. The molecule has 14 heteroatoms. The zero-order chi connectivity index (χ0) is 32.9. The third kappa shape index (κ3) is 7.85. The number of nitriles is 1. The zero-order valence-corrected chi connectivity index (χ0v) is 25.6. The number of aliphatic hydroxyl groups is 1. The predicted molar refractivity (Wildman–Crippen MR) is 160 cm³/mol. The van der Waals surface area contributed by atoms with Gasteiger partial charge < -0.3 is 21.1 Å². The highest BCUT2D eigenvalue weighted by Gasteiger charge is 2.44. The lowest BCUT2D eigenvalue weighted by molar-refractivity contribution is -0.139. The molecule has 2 heterocycles. The summed E-state index contributed by atoms with van der Waals surface area (Å²) in [6.45, 7) is 4.41. The summed E-state index contributed by atoms with van der Waals surface area (Å²) < 4.78 is 1.46. The van der Waals surface area contributed by atoms with Gasteiger partial charge in [0.25, 0.3) is 17.7 Å². The molecule has 1 aliphatic carbocycles. The number of benzene rings is 1. The normalized spacial score (nSPS) is 19.9. The van der Waals surface area contributed by atoms with Gasteiger partial charge in [-0.05, 0) is 57.4 Å². The molecular formula is C31H38N8O6. The lowest BCUT2D eigenvalue weighted by atomic mass is 9.85. The molecule has 1 saturated heterocycles. The van der Waals surface area contributed by atoms with E-state index in [9.17, 15) is 29.1 Å². The SMILES string of the molecule is CC(NC(=O)[C@@H]1C[C@H](n2nncc2C(C)(C)O)CN1C(=O)/C(CC1CCCCC1)=N/C(=O)c1ccc(C#N)cc1)C(=O)C(N)=O. The van der Waals surface area contributed by atoms with E-state index in [1.54, 1.807) is 13.8 Å². The third-order valence-electron chi connectivity index (χ3n) is 8.34. The second-order valence-corrected chi connectivity index (χ2v) is 12.2. The Labute approximate surface area is 260 Å². The Morgan fingerprint density at radius 2 is 1.82 bits per heavy atom. The first-order valence-electron chi connectivity index (χ1n) is 15.0. The van der Waals surface area contributed by atoms with Crippen LogP contribution in [0.4, 0.5) is 0 Å². The summed E-state index contributed by atoms with van der Waals surface area (Å²) in [4.78, 5) is 70.3. The lowest BCUT2D eigenvalue weighted by Gasteiger charge is -2.27. The van der Waals surface area contributed by atoms with Crippen molar-refractivity contribution in [2.24, 2.45) is 16.6 Å². The number of nitrogens with two attached hydrogens (primary N) is 1. The number of aromatic nitrogens is 3. The van der Waals surface area contributed by atoms with Crippen LogP contribution in [-0.4, -0.2) is 78.8 Å². The van der Waals surface area contributed by atoms with Gasteiger partial charge in [0.15, 0.2) is 0 Å². The molecule has 0 spiro atoms. The van der Waals surface area contributed by atoms with E-state index in [2.05, 4.69) is 20.6 Å². The molecule has 238 valence electrons. The smallest absolute Gasteiger partial charge is 0.287 e. The molecule has 1 aromatic heterocycles. The Hall–Kier alpha value is -4.77. The van der Waals surface area contributed by atoms with Crippen molar-refractivity contribution in [3.63, 3.8) is 0 Å². The number of primary amides is 1. The Bertz CT molecular complexity index is 1530. The van der Waals surface area contributed by atoms with Crippen molar-refractivity contribution in [2.75, 3.05) is 6.54 Å². The molecule has 45 heavy (non-hydrogen) atoms. The molecular weight excluding hydrogens is 580 g/mol. The van der Waals surface area contributed by atoms with Crippen molar-refractivity contribution >= 4 is 35.1 Å². The number of carbonyl (C=O) groups is 5. The molecule has 0 bridgehead atoms. The fraction of sp³-hybridized carbons (Fsp3) is 0.516. The molecule has 2 aliphatic rings. The summed E-state index contributed by atoms with van der Waals surface area (Å²) in [5.41, 5.74) is 4.72. The summed E-state index contributed by atoms with van der Waals surface area (Å²) >= 11 is 0. The van der Waals surface area contributed by atoms with Gasteiger partial charge in [-0.15, -0.1) is 5.10 Å². The number of Topliss-reactive ketones (excluding diaryl/α,β-unsaturated/α-hetero) is 1. The van der Waals surface area contributed by atoms with E-state index in [0.29, 0.717) is 11.3 Å². The average Bonchev–Trinajstić information content (AvgIpc) is 3.69. The molecule has 1 aliphatic heterocycles. The van der Waals surface area contributed by atoms with Crippen molar-refractivity contribution in [1.29, 1.82) is 5.26 Å². The number of amides is 4. The summed E-state index contributed by atoms with van der Waals surface area (Å²) in [5.74, 6) is -4.06. The van der Waals surface area contributed by atoms with Crippen LogP contribution in [-0.2, 0) is 24.8 Å². The monoisotopic (exact) mass is 618 g/mol. The van der Waals surface area contributed by atoms with Crippen LogP contribution < -0.4 is 11.1 Å². The second-order valence-electron chi connectivity index (χ2n) is 12.2. The number of nitrogens with zero attached hydrogens (tertiary/aromatic N) is 6. The highest BCUT2D eigenvalue weighted by atomic mass is 16.3. The number of hydrogen-bond donors (Lipinski definition) is 3. The topological polar surface area (TPSA) is 214 Å². The van der Waals surface area contributed by atoms with Crippen LogP contribution in [0.15, 0.2) is 35.5 Å².